The number of anilines is 2. The van der Waals surface area contributed by atoms with E-state index in [9.17, 15) is 27.6 Å². The van der Waals surface area contributed by atoms with Crippen molar-refractivity contribution in [3.05, 3.63) is 114 Å². The quantitative estimate of drug-likeness (QED) is 0.0444. The lowest BCUT2D eigenvalue weighted by Crippen LogP contribution is -2.55. The molecule has 0 fully saturated rings. The van der Waals surface area contributed by atoms with Crippen molar-refractivity contribution in [2.24, 2.45) is 5.10 Å². The lowest BCUT2D eigenvalue weighted by atomic mass is 10.0. The van der Waals surface area contributed by atoms with Crippen LogP contribution in [0.4, 0.5) is 29.3 Å². The summed E-state index contributed by atoms with van der Waals surface area (Å²) in [6.07, 6.45) is 13.2. The molecule has 4 aromatic rings. The van der Waals surface area contributed by atoms with Crippen molar-refractivity contribution in [2.45, 2.75) is 110 Å². The standard InChI is InChI=1S/C46H52F3N4O6/c1-3-4-5-6-7-8-9-10-11-12-13-14-15-16-33-57-39-27-19-35(20-28-39)42(54)58-40-29-21-36(22-30-40)43(55)59-41-31-25-38(26-32-41)53-45(56)52(37-23-17-34(2)18-24-37)50-44(51-53)46(47,48)49/h17-32H,3-16,33H2,1-2H3. The molecule has 0 saturated carbocycles. The number of rotatable bonds is 22. The number of urea groups is 1. The van der Waals surface area contributed by atoms with Crippen LogP contribution < -0.4 is 29.7 Å². The number of carbonyl (C=O) groups is 3. The van der Waals surface area contributed by atoms with Gasteiger partial charge in [0.2, 0.25) is 0 Å². The largest absolute Gasteiger partial charge is 0.494 e. The summed E-state index contributed by atoms with van der Waals surface area (Å²) in [4.78, 5) is 38.8. The van der Waals surface area contributed by atoms with E-state index >= 15 is 0 Å². The minimum absolute atomic E-state index is 0.0166. The van der Waals surface area contributed by atoms with E-state index in [4.69, 9.17) is 14.2 Å². The van der Waals surface area contributed by atoms with Crippen LogP contribution >= 0.6 is 0 Å². The Balaban J connectivity index is 1.01. The molecule has 4 aromatic carbocycles. The highest BCUT2D eigenvalue weighted by atomic mass is 19.4. The number of alkyl halides is 3. The summed E-state index contributed by atoms with van der Waals surface area (Å²) in [6.45, 7) is 4.67. The summed E-state index contributed by atoms with van der Waals surface area (Å²) in [5, 5.41) is 4.63. The van der Waals surface area contributed by atoms with Gasteiger partial charge >= 0.3 is 24.1 Å². The second-order valence-corrected chi connectivity index (χ2v) is 14.5. The third kappa shape index (κ3) is 13.9. The molecular formula is C46H52F3N4O6. The van der Waals surface area contributed by atoms with Crippen molar-refractivity contribution in [1.82, 2.24) is 5.43 Å². The van der Waals surface area contributed by atoms with Gasteiger partial charge in [-0.1, -0.05) is 108 Å². The molecule has 2 amide bonds. The van der Waals surface area contributed by atoms with Crippen molar-refractivity contribution in [3.63, 3.8) is 0 Å². The Kier molecular flexibility index (Phi) is 16.8. The van der Waals surface area contributed by atoms with Gasteiger partial charge in [-0.25, -0.2) is 14.4 Å². The Morgan fingerprint density at radius 3 is 1.44 bits per heavy atom. The van der Waals surface area contributed by atoms with Crippen molar-refractivity contribution >= 4 is 35.2 Å². The molecule has 1 aliphatic rings. The zero-order chi connectivity index (χ0) is 42.0. The number of hydrazone groups is 1. The molecule has 10 nitrogen and oxygen atoms in total. The van der Waals surface area contributed by atoms with Gasteiger partial charge in [-0.15, -0.1) is 10.5 Å². The van der Waals surface area contributed by atoms with Crippen LogP contribution in [-0.4, -0.2) is 36.6 Å². The van der Waals surface area contributed by atoms with Crippen LogP contribution in [0, 0.1) is 6.92 Å². The van der Waals surface area contributed by atoms with Crippen molar-refractivity contribution in [2.75, 3.05) is 16.6 Å². The number of benzene rings is 4. The van der Waals surface area contributed by atoms with Gasteiger partial charge in [0.1, 0.15) is 17.2 Å². The molecular weight excluding hydrogens is 762 g/mol. The molecule has 0 atom stereocenters. The van der Waals surface area contributed by atoms with Crippen LogP contribution in [0.25, 0.3) is 0 Å². The molecule has 313 valence electrons. The molecule has 0 aliphatic carbocycles. The average molecular weight is 814 g/mol. The Hall–Kier alpha value is -5.85. The summed E-state index contributed by atoms with van der Waals surface area (Å²) < 4.78 is 57.9. The molecule has 13 heteroatoms. The SMILES string of the molecule is CCCCCCCCCCCCCCCCOc1ccc(C(=O)Oc2ccc(C(=O)Oc3ccc(N4[N]C(C(F)(F)F)=NN(c5ccc(C)cc5)C4=O)cc3)cc2)cc1. The van der Waals surface area contributed by atoms with Gasteiger partial charge in [0, 0.05) is 0 Å². The van der Waals surface area contributed by atoms with E-state index in [1.807, 2.05) is 0 Å². The number of ether oxygens (including phenoxy) is 3. The second-order valence-electron chi connectivity index (χ2n) is 14.5. The van der Waals surface area contributed by atoms with E-state index in [0.717, 1.165) is 18.4 Å². The third-order valence-electron chi connectivity index (χ3n) is 9.73. The number of halogens is 3. The fourth-order valence-corrected chi connectivity index (χ4v) is 6.34. The summed E-state index contributed by atoms with van der Waals surface area (Å²) in [6, 6.07) is 23.0. The zero-order valence-corrected chi connectivity index (χ0v) is 33.7. The molecule has 1 radical (unpaired) electrons. The topological polar surface area (TPSA) is 112 Å². The van der Waals surface area contributed by atoms with Crippen LogP contribution in [0.2, 0.25) is 0 Å². The Morgan fingerprint density at radius 2 is 0.966 bits per heavy atom. The van der Waals surface area contributed by atoms with Crippen molar-refractivity contribution in [3.8, 4) is 17.2 Å². The molecule has 0 bridgehead atoms. The first-order valence-electron chi connectivity index (χ1n) is 20.5. The Morgan fingerprint density at radius 1 is 0.559 bits per heavy atom. The predicted octanol–water partition coefficient (Wildman–Crippen LogP) is 12.1. The fourth-order valence-electron chi connectivity index (χ4n) is 6.34. The lowest BCUT2D eigenvalue weighted by Gasteiger charge is -2.32. The van der Waals surface area contributed by atoms with Gasteiger partial charge in [-0.05, 0) is 98.3 Å². The van der Waals surface area contributed by atoms with Gasteiger partial charge in [0.05, 0.1) is 29.1 Å². The highest BCUT2D eigenvalue weighted by Crippen LogP contribution is 2.29. The lowest BCUT2D eigenvalue weighted by molar-refractivity contribution is -0.0625. The van der Waals surface area contributed by atoms with Crippen molar-refractivity contribution < 1.29 is 41.8 Å². The van der Waals surface area contributed by atoms with Gasteiger partial charge in [0.25, 0.3) is 5.84 Å². The highest BCUT2D eigenvalue weighted by Gasteiger charge is 2.45. The fraction of sp³-hybridized carbons (Fsp3) is 0.391. The molecule has 1 heterocycles. The Bertz CT molecular complexity index is 1970. The number of esters is 2. The summed E-state index contributed by atoms with van der Waals surface area (Å²) in [5.41, 5.74) is 4.88. The van der Waals surface area contributed by atoms with E-state index in [2.05, 4.69) is 17.5 Å². The second kappa shape index (κ2) is 22.3. The number of nitrogens with zero attached hydrogens (tertiary/aromatic N) is 4. The number of hydrogen-bond donors (Lipinski definition) is 0. The molecule has 0 aromatic heterocycles. The van der Waals surface area contributed by atoms with Crippen LogP contribution in [0.15, 0.2) is 102 Å². The van der Waals surface area contributed by atoms with Gasteiger partial charge in [-0.2, -0.15) is 23.2 Å². The van der Waals surface area contributed by atoms with Crippen LogP contribution in [-0.2, 0) is 0 Å². The van der Waals surface area contributed by atoms with Gasteiger partial charge in [0.15, 0.2) is 0 Å². The average Bonchev–Trinajstić information content (AvgIpc) is 3.23. The minimum Gasteiger partial charge on any atom is -0.494 e. The van der Waals surface area contributed by atoms with E-state index in [-0.39, 0.29) is 28.4 Å². The molecule has 59 heavy (non-hydrogen) atoms. The first-order chi connectivity index (χ1) is 28.5. The summed E-state index contributed by atoms with van der Waals surface area (Å²) in [5.74, 6) is -1.88. The molecule has 0 saturated heterocycles. The van der Waals surface area contributed by atoms with E-state index in [1.54, 1.807) is 43.3 Å². The molecule has 0 N–H and O–H groups in total. The van der Waals surface area contributed by atoms with E-state index < -0.39 is 30.0 Å². The van der Waals surface area contributed by atoms with Crippen molar-refractivity contribution in [1.29, 1.82) is 0 Å². The van der Waals surface area contributed by atoms with Crippen LogP contribution in [0.1, 0.15) is 123 Å². The highest BCUT2D eigenvalue weighted by molar-refractivity contribution is 6.10. The first-order valence-corrected chi connectivity index (χ1v) is 20.5. The smallest absolute Gasteiger partial charge is 0.455 e. The van der Waals surface area contributed by atoms with Crippen LogP contribution in [0.5, 0.6) is 17.2 Å². The maximum atomic E-state index is 13.7. The number of aryl methyl sites for hydroxylation is 1. The normalized spacial score (nSPS) is 12.8. The number of unbranched alkanes of at least 4 members (excludes halogenated alkanes) is 13. The summed E-state index contributed by atoms with van der Waals surface area (Å²) in [7, 11) is 0. The molecule has 1 aliphatic heterocycles. The number of hydrogen-bond acceptors (Lipinski definition) is 7. The predicted molar refractivity (Wildman–Crippen MR) is 222 cm³/mol. The van der Waals surface area contributed by atoms with E-state index in [1.165, 1.54) is 138 Å². The van der Waals surface area contributed by atoms with Crippen LogP contribution in [0.3, 0.4) is 0 Å². The maximum Gasteiger partial charge on any atom is 0.455 e. The van der Waals surface area contributed by atoms with E-state index in [0.29, 0.717) is 27.9 Å². The first kappa shape index (κ1) is 44.3. The van der Waals surface area contributed by atoms with Gasteiger partial charge < -0.3 is 14.2 Å². The van der Waals surface area contributed by atoms with Gasteiger partial charge in [-0.3, -0.25) is 0 Å². The molecule has 0 spiro atoms. The molecule has 0 unspecified atom stereocenters. The minimum atomic E-state index is -4.93. The Labute approximate surface area is 344 Å². The number of amidine groups is 1. The maximum absolute atomic E-state index is 13.7. The zero-order valence-electron chi connectivity index (χ0n) is 33.7. The number of carbonyl (C=O) groups excluding carboxylic acids is 3. The molecule has 5 rings (SSSR count). The monoisotopic (exact) mass is 813 g/mol. The third-order valence-corrected chi connectivity index (χ3v) is 9.73. The summed E-state index contributed by atoms with van der Waals surface area (Å²) >= 11 is 0. The number of amides is 2.